The molecular formula is C15H17FN2. The average Bonchev–Trinajstić information content (AvgIpc) is 2.40. The number of nitrogens with zero attached hydrogens (tertiary/aromatic N) is 1. The molecule has 3 heteroatoms. The largest absolute Gasteiger partial charge is 0.303 e. The Kier molecular flexibility index (Phi) is 4.05. The van der Waals surface area contributed by atoms with Crippen LogP contribution in [0.5, 0.6) is 0 Å². The topological polar surface area (TPSA) is 24.9 Å². The second-order valence-electron chi connectivity index (χ2n) is 4.42. The summed E-state index contributed by atoms with van der Waals surface area (Å²) in [6, 6.07) is 10.9. The predicted octanol–water partition coefficient (Wildman–Crippen LogP) is 3.63. The molecule has 94 valence electrons. The number of pyridine rings is 1. The standard InChI is InChI=1S/C15H17FN2/c1-11(13-6-5-9-17-10-13)18-12(2)14-7-3-4-8-15(14)16/h3-12,18H,1-2H3/t11-,12?/m1/s1. The summed E-state index contributed by atoms with van der Waals surface area (Å²) in [5, 5.41) is 3.37. The van der Waals surface area contributed by atoms with Gasteiger partial charge in [0.05, 0.1) is 0 Å². The summed E-state index contributed by atoms with van der Waals surface area (Å²) < 4.78 is 13.6. The normalized spacial score (nSPS) is 14.2. The van der Waals surface area contributed by atoms with Gasteiger partial charge in [0.2, 0.25) is 0 Å². The molecule has 1 heterocycles. The van der Waals surface area contributed by atoms with E-state index in [0.717, 1.165) is 5.56 Å². The predicted molar refractivity (Wildman–Crippen MR) is 70.6 cm³/mol. The van der Waals surface area contributed by atoms with Crippen LogP contribution in [-0.4, -0.2) is 4.98 Å². The van der Waals surface area contributed by atoms with E-state index in [1.165, 1.54) is 6.07 Å². The van der Waals surface area contributed by atoms with Crippen molar-refractivity contribution in [3.63, 3.8) is 0 Å². The summed E-state index contributed by atoms with van der Waals surface area (Å²) in [5.41, 5.74) is 1.79. The Morgan fingerprint density at radius 2 is 1.83 bits per heavy atom. The number of hydrogen-bond acceptors (Lipinski definition) is 2. The lowest BCUT2D eigenvalue weighted by atomic mass is 10.0. The highest BCUT2D eigenvalue weighted by Crippen LogP contribution is 2.20. The van der Waals surface area contributed by atoms with Crippen molar-refractivity contribution in [2.45, 2.75) is 25.9 Å². The van der Waals surface area contributed by atoms with Gasteiger partial charge in [0, 0.05) is 30.0 Å². The minimum absolute atomic E-state index is 0.0404. The zero-order chi connectivity index (χ0) is 13.0. The summed E-state index contributed by atoms with van der Waals surface area (Å²) in [6.07, 6.45) is 3.57. The average molecular weight is 244 g/mol. The van der Waals surface area contributed by atoms with Crippen molar-refractivity contribution in [2.24, 2.45) is 0 Å². The fourth-order valence-corrected chi connectivity index (χ4v) is 2.02. The van der Waals surface area contributed by atoms with Crippen LogP contribution in [0.4, 0.5) is 4.39 Å². The molecule has 1 aromatic carbocycles. The van der Waals surface area contributed by atoms with Crippen LogP contribution in [0, 0.1) is 5.82 Å². The smallest absolute Gasteiger partial charge is 0.127 e. The number of hydrogen-bond donors (Lipinski definition) is 1. The van der Waals surface area contributed by atoms with Crippen molar-refractivity contribution in [2.75, 3.05) is 0 Å². The van der Waals surface area contributed by atoms with Gasteiger partial charge >= 0.3 is 0 Å². The van der Waals surface area contributed by atoms with Crippen LogP contribution < -0.4 is 5.32 Å². The van der Waals surface area contributed by atoms with Gasteiger partial charge in [-0.25, -0.2) is 4.39 Å². The Labute approximate surface area is 107 Å². The van der Waals surface area contributed by atoms with Crippen LogP contribution in [0.1, 0.15) is 37.1 Å². The SMILES string of the molecule is CC(N[C@H](C)c1cccnc1)c1ccccc1F. The lowest BCUT2D eigenvalue weighted by Crippen LogP contribution is -2.23. The Morgan fingerprint density at radius 3 is 2.50 bits per heavy atom. The zero-order valence-corrected chi connectivity index (χ0v) is 10.6. The van der Waals surface area contributed by atoms with Gasteiger partial charge < -0.3 is 5.32 Å². The second kappa shape index (κ2) is 5.74. The molecule has 2 atom stereocenters. The molecule has 0 radical (unpaired) electrons. The van der Waals surface area contributed by atoms with E-state index in [4.69, 9.17) is 0 Å². The van der Waals surface area contributed by atoms with Crippen molar-refractivity contribution < 1.29 is 4.39 Å². The van der Waals surface area contributed by atoms with Crippen molar-refractivity contribution >= 4 is 0 Å². The molecule has 0 aliphatic carbocycles. The summed E-state index contributed by atoms with van der Waals surface area (Å²) in [5.74, 6) is -0.170. The number of aromatic nitrogens is 1. The minimum atomic E-state index is -0.170. The van der Waals surface area contributed by atoms with Crippen LogP contribution in [0.25, 0.3) is 0 Å². The highest BCUT2D eigenvalue weighted by molar-refractivity contribution is 5.21. The molecule has 0 aliphatic heterocycles. The third kappa shape index (κ3) is 2.93. The van der Waals surface area contributed by atoms with Crippen LogP contribution in [0.15, 0.2) is 48.8 Å². The van der Waals surface area contributed by atoms with Gasteiger partial charge in [-0.1, -0.05) is 24.3 Å². The van der Waals surface area contributed by atoms with Crippen LogP contribution in [0.2, 0.25) is 0 Å². The maximum atomic E-state index is 13.6. The third-order valence-electron chi connectivity index (χ3n) is 3.06. The van der Waals surface area contributed by atoms with E-state index in [0.29, 0.717) is 5.56 Å². The molecule has 2 nitrogen and oxygen atoms in total. The summed E-state index contributed by atoms with van der Waals surface area (Å²) >= 11 is 0. The van der Waals surface area contributed by atoms with Gasteiger partial charge in [-0.3, -0.25) is 4.98 Å². The Balaban J connectivity index is 2.08. The van der Waals surface area contributed by atoms with Gasteiger partial charge in [0.15, 0.2) is 0 Å². The first-order chi connectivity index (χ1) is 8.68. The number of rotatable bonds is 4. The maximum Gasteiger partial charge on any atom is 0.127 e. The maximum absolute atomic E-state index is 13.6. The summed E-state index contributed by atoms with van der Waals surface area (Å²) in [7, 11) is 0. The lowest BCUT2D eigenvalue weighted by molar-refractivity contribution is 0.473. The molecule has 1 unspecified atom stereocenters. The monoisotopic (exact) mass is 244 g/mol. The second-order valence-corrected chi connectivity index (χ2v) is 4.42. The first-order valence-corrected chi connectivity index (χ1v) is 6.09. The molecule has 18 heavy (non-hydrogen) atoms. The fraction of sp³-hybridized carbons (Fsp3) is 0.267. The Morgan fingerprint density at radius 1 is 1.06 bits per heavy atom. The van der Waals surface area contributed by atoms with Crippen molar-refractivity contribution in [3.05, 3.63) is 65.7 Å². The van der Waals surface area contributed by atoms with E-state index in [-0.39, 0.29) is 17.9 Å². The van der Waals surface area contributed by atoms with E-state index >= 15 is 0 Å². The fourth-order valence-electron chi connectivity index (χ4n) is 2.02. The van der Waals surface area contributed by atoms with Crippen molar-refractivity contribution in [1.29, 1.82) is 0 Å². The van der Waals surface area contributed by atoms with Crippen molar-refractivity contribution in [1.82, 2.24) is 10.3 Å². The molecule has 2 rings (SSSR count). The molecule has 1 N–H and O–H groups in total. The Bertz CT molecular complexity index is 499. The highest BCUT2D eigenvalue weighted by atomic mass is 19.1. The third-order valence-corrected chi connectivity index (χ3v) is 3.06. The van der Waals surface area contributed by atoms with E-state index in [1.807, 2.05) is 44.3 Å². The molecule has 0 saturated carbocycles. The van der Waals surface area contributed by atoms with Crippen LogP contribution in [0.3, 0.4) is 0 Å². The Hall–Kier alpha value is -1.74. The number of nitrogens with one attached hydrogen (secondary N) is 1. The van der Waals surface area contributed by atoms with E-state index in [2.05, 4.69) is 10.3 Å². The molecule has 0 bridgehead atoms. The van der Waals surface area contributed by atoms with Gasteiger partial charge in [0.1, 0.15) is 5.82 Å². The van der Waals surface area contributed by atoms with Crippen LogP contribution in [-0.2, 0) is 0 Å². The lowest BCUT2D eigenvalue weighted by Gasteiger charge is -2.20. The molecule has 0 spiro atoms. The molecule has 0 amide bonds. The first-order valence-electron chi connectivity index (χ1n) is 6.09. The van der Waals surface area contributed by atoms with E-state index < -0.39 is 0 Å². The molecule has 0 fully saturated rings. The first kappa shape index (κ1) is 12.7. The molecule has 0 saturated heterocycles. The number of benzene rings is 1. The highest BCUT2D eigenvalue weighted by Gasteiger charge is 2.13. The van der Waals surface area contributed by atoms with E-state index in [1.54, 1.807) is 12.3 Å². The molecule has 1 aromatic heterocycles. The summed E-state index contributed by atoms with van der Waals surface area (Å²) in [6.45, 7) is 4.01. The molecule has 0 aliphatic rings. The molecular weight excluding hydrogens is 227 g/mol. The van der Waals surface area contributed by atoms with Gasteiger partial charge in [-0.2, -0.15) is 0 Å². The van der Waals surface area contributed by atoms with Gasteiger partial charge in [-0.15, -0.1) is 0 Å². The minimum Gasteiger partial charge on any atom is -0.303 e. The van der Waals surface area contributed by atoms with Gasteiger partial charge in [0.25, 0.3) is 0 Å². The molecule has 2 aromatic rings. The zero-order valence-electron chi connectivity index (χ0n) is 10.6. The van der Waals surface area contributed by atoms with E-state index in [9.17, 15) is 4.39 Å². The quantitative estimate of drug-likeness (QED) is 0.888. The van der Waals surface area contributed by atoms with Crippen LogP contribution >= 0.6 is 0 Å². The van der Waals surface area contributed by atoms with Gasteiger partial charge in [-0.05, 0) is 31.5 Å². The number of halogens is 1. The van der Waals surface area contributed by atoms with Crippen molar-refractivity contribution in [3.8, 4) is 0 Å². The summed E-state index contributed by atoms with van der Waals surface area (Å²) in [4.78, 5) is 4.09.